The summed E-state index contributed by atoms with van der Waals surface area (Å²) >= 11 is 0. The highest BCUT2D eigenvalue weighted by Crippen LogP contribution is 2.31. The van der Waals surface area contributed by atoms with Gasteiger partial charge in [0.1, 0.15) is 12.0 Å². The van der Waals surface area contributed by atoms with Crippen LogP contribution in [0.5, 0.6) is 5.75 Å². The number of aromatic nitrogens is 4. The van der Waals surface area contributed by atoms with Crippen molar-refractivity contribution in [2.45, 2.75) is 31.9 Å². The molecular weight excluding hydrogens is 337 g/mol. The highest BCUT2D eigenvalue weighted by molar-refractivity contribution is 5.86. The van der Waals surface area contributed by atoms with Gasteiger partial charge in [0.2, 0.25) is 0 Å². The van der Waals surface area contributed by atoms with E-state index in [1.54, 1.807) is 18.0 Å². The number of nitrogens with zero attached hydrogens (tertiary/aromatic N) is 4. The van der Waals surface area contributed by atoms with E-state index < -0.39 is 6.08 Å². The van der Waals surface area contributed by atoms with E-state index in [-0.39, 0.29) is 6.23 Å². The zero-order chi connectivity index (χ0) is 17.9. The molecule has 1 aromatic carbocycles. The molecule has 0 amide bonds. The summed E-state index contributed by atoms with van der Waals surface area (Å²) in [5.41, 5.74) is 1.58. The zero-order valence-corrected chi connectivity index (χ0v) is 14.5. The van der Waals surface area contributed by atoms with Crippen molar-refractivity contribution < 1.29 is 13.9 Å². The number of ether oxygens (including phenoxy) is 2. The molecule has 0 aliphatic carbocycles. The molecule has 1 unspecified atom stereocenters. The van der Waals surface area contributed by atoms with E-state index in [9.17, 15) is 4.39 Å². The van der Waals surface area contributed by atoms with Crippen LogP contribution >= 0.6 is 0 Å². The van der Waals surface area contributed by atoms with Crippen LogP contribution < -0.4 is 10.1 Å². The van der Waals surface area contributed by atoms with Crippen LogP contribution in [-0.4, -0.2) is 33.2 Å². The lowest BCUT2D eigenvalue weighted by Gasteiger charge is -2.17. The smallest absolute Gasteiger partial charge is 0.312 e. The molecule has 7 nitrogen and oxygen atoms in total. The van der Waals surface area contributed by atoms with Crippen molar-refractivity contribution >= 4 is 22.7 Å². The van der Waals surface area contributed by atoms with Gasteiger partial charge >= 0.3 is 6.08 Å². The van der Waals surface area contributed by atoms with Crippen molar-refractivity contribution in [3.05, 3.63) is 36.7 Å². The average molecular weight is 357 g/mol. The van der Waals surface area contributed by atoms with E-state index in [0.717, 1.165) is 25.7 Å². The number of para-hydroxylation sites is 2. The Balaban J connectivity index is 1.74. The summed E-state index contributed by atoms with van der Waals surface area (Å²) in [6, 6.07) is 7.36. The summed E-state index contributed by atoms with van der Waals surface area (Å²) in [7, 11) is 1.58. The number of rotatable bonds is 4. The van der Waals surface area contributed by atoms with Gasteiger partial charge in [0.05, 0.1) is 19.1 Å². The number of benzene rings is 1. The maximum Gasteiger partial charge on any atom is 0.312 e. The Morgan fingerprint density at radius 1 is 1.23 bits per heavy atom. The Kier molecular flexibility index (Phi) is 4.66. The first-order valence-electron chi connectivity index (χ1n) is 8.68. The summed E-state index contributed by atoms with van der Waals surface area (Å²) in [6.45, 7) is 0.685. The molecule has 136 valence electrons. The first-order chi connectivity index (χ1) is 12.8. The van der Waals surface area contributed by atoms with E-state index in [0.29, 0.717) is 35.0 Å². The molecule has 1 N–H and O–H groups in total. The van der Waals surface area contributed by atoms with Crippen LogP contribution in [0.2, 0.25) is 0 Å². The van der Waals surface area contributed by atoms with Crippen molar-refractivity contribution in [3.8, 4) is 5.75 Å². The summed E-state index contributed by atoms with van der Waals surface area (Å²) in [5, 5.41) is 3.10. The monoisotopic (exact) mass is 357 g/mol. The summed E-state index contributed by atoms with van der Waals surface area (Å²) in [5.74, 6) is 0.926. The van der Waals surface area contributed by atoms with Gasteiger partial charge in [0.25, 0.3) is 0 Å². The maximum atomic E-state index is 14.1. The Labute approximate surface area is 150 Å². The molecule has 1 fully saturated rings. The second-order valence-corrected chi connectivity index (χ2v) is 6.17. The van der Waals surface area contributed by atoms with Gasteiger partial charge in [-0.25, -0.2) is 4.98 Å². The first-order valence-corrected chi connectivity index (χ1v) is 8.68. The predicted octanol–water partition coefficient (Wildman–Crippen LogP) is 3.81. The molecule has 26 heavy (non-hydrogen) atoms. The van der Waals surface area contributed by atoms with Crippen molar-refractivity contribution in [2.75, 3.05) is 19.0 Å². The van der Waals surface area contributed by atoms with Crippen molar-refractivity contribution in [3.63, 3.8) is 0 Å². The maximum absolute atomic E-state index is 14.1. The number of methoxy groups -OCH3 is 1. The van der Waals surface area contributed by atoms with E-state index in [4.69, 9.17) is 9.47 Å². The second-order valence-electron chi connectivity index (χ2n) is 6.17. The Morgan fingerprint density at radius 2 is 2.12 bits per heavy atom. The molecule has 4 rings (SSSR count). The van der Waals surface area contributed by atoms with Crippen LogP contribution in [0, 0.1) is 6.08 Å². The van der Waals surface area contributed by atoms with Gasteiger partial charge < -0.3 is 14.8 Å². The number of halogens is 1. The number of hydrogen-bond acceptors (Lipinski definition) is 6. The van der Waals surface area contributed by atoms with Gasteiger partial charge in [-0.1, -0.05) is 18.6 Å². The minimum absolute atomic E-state index is 0.184. The Morgan fingerprint density at radius 3 is 3.00 bits per heavy atom. The number of fused-ring (bicyclic) bond motifs is 1. The lowest BCUT2D eigenvalue weighted by molar-refractivity contribution is 0.00928. The molecule has 1 atom stereocenters. The zero-order valence-electron chi connectivity index (χ0n) is 14.5. The molecular formula is C18H20FN5O2. The first kappa shape index (κ1) is 16.7. The van der Waals surface area contributed by atoms with E-state index in [1.165, 1.54) is 0 Å². The highest BCUT2D eigenvalue weighted by atomic mass is 19.1. The van der Waals surface area contributed by atoms with E-state index in [1.807, 2.05) is 24.3 Å². The molecule has 0 saturated carbocycles. The Bertz CT molecular complexity index is 906. The molecule has 3 heterocycles. The third-order valence-electron chi connectivity index (χ3n) is 4.47. The number of nitrogens with one attached hydrogen (secondary N) is 1. The molecule has 0 radical (unpaired) electrons. The fourth-order valence-electron chi connectivity index (χ4n) is 3.18. The SMILES string of the molecule is COc1ccccc1Nc1nc(F)nc2c1ncn2C1CCCCCO1. The molecule has 1 saturated heterocycles. The lowest BCUT2D eigenvalue weighted by Crippen LogP contribution is -2.12. The number of imidazole rings is 1. The second kappa shape index (κ2) is 7.25. The van der Waals surface area contributed by atoms with Gasteiger partial charge in [0, 0.05) is 6.61 Å². The van der Waals surface area contributed by atoms with Crippen molar-refractivity contribution in [1.82, 2.24) is 19.5 Å². The minimum Gasteiger partial charge on any atom is -0.495 e. The number of hydrogen-bond donors (Lipinski definition) is 1. The van der Waals surface area contributed by atoms with Crippen LogP contribution in [0.3, 0.4) is 0 Å². The van der Waals surface area contributed by atoms with Crippen molar-refractivity contribution in [2.24, 2.45) is 0 Å². The van der Waals surface area contributed by atoms with Crippen molar-refractivity contribution in [1.29, 1.82) is 0 Å². The van der Waals surface area contributed by atoms with Gasteiger partial charge in [-0.15, -0.1) is 0 Å². The summed E-state index contributed by atoms with van der Waals surface area (Å²) < 4.78 is 27.1. The normalized spacial score (nSPS) is 17.8. The molecule has 1 aliphatic rings. The van der Waals surface area contributed by atoms with Gasteiger partial charge in [0.15, 0.2) is 17.0 Å². The van der Waals surface area contributed by atoms with Gasteiger partial charge in [-0.3, -0.25) is 4.57 Å². The molecule has 8 heteroatoms. The Hall–Kier alpha value is -2.74. The van der Waals surface area contributed by atoms with Gasteiger partial charge in [-0.05, 0) is 31.4 Å². The van der Waals surface area contributed by atoms with E-state index in [2.05, 4.69) is 20.3 Å². The molecule has 0 spiro atoms. The molecule has 0 bridgehead atoms. The fourth-order valence-corrected chi connectivity index (χ4v) is 3.18. The highest BCUT2D eigenvalue weighted by Gasteiger charge is 2.21. The minimum atomic E-state index is -0.815. The molecule has 1 aliphatic heterocycles. The molecule has 3 aromatic rings. The predicted molar refractivity (Wildman–Crippen MR) is 95.0 cm³/mol. The third kappa shape index (κ3) is 3.20. The van der Waals surface area contributed by atoms with Crippen LogP contribution in [0.15, 0.2) is 30.6 Å². The van der Waals surface area contributed by atoms with Crippen LogP contribution in [-0.2, 0) is 4.74 Å². The standard InChI is InChI=1S/C18H20FN5O2/c1-25-13-8-5-4-7-12(13)21-16-15-17(23-18(19)22-16)24(11-20-15)14-9-3-2-6-10-26-14/h4-5,7-8,11,14H,2-3,6,9-10H2,1H3,(H,21,22,23). The van der Waals surface area contributed by atoms with Crippen LogP contribution in [0.25, 0.3) is 11.2 Å². The quantitative estimate of drug-likeness (QED) is 0.716. The average Bonchev–Trinajstić information content (AvgIpc) is 2.89. The van der Waals surface area contributed by atoms with Crippen LogP contribution in [0.1, 0.15) is 31.9 Å². The fraction of sp³-hybridized carbons (Fsp3) is 0.389. The van der Waals surface area contributed by atoms with Crippen LogP contribution in [0.4, 0.5) is 15.9 Å². The largest absolute Gasteiger partial charge is 0.495 e. The third-order valence-corrected chi connectivity index (χ3v) is 4.47. The molecule has 2 aromatic heterocycles. The lowest BCUT2D eigenvalue weighted by atomic mass is 10.2. The van der Waals surface area contributed by atoms with E-state index >= 15 is 0 Å². The summed E-state index contributed by atoms with van der Waals surface area (Å²) in [4.78, 5) is 12.3. The van der Waals surface area contributed by atoms with Gasteiger partial charge in [-0.2, -0.15) is 14.4 Å². The topological polar surface area (TPSA) is 74.1 Å². The number of anilines is 2. The summed E-state index contributed by atoms with van der Waals surface area (Å²) in [6.07, 6.45) is 4.72.